The second-order valence-corrected chi connectivity index (χ2v) is 8.95. The monoisotopic (exact) mass is 455 g/mol. The Labute approximate surface area is 190 Å². The summed E-state index contributed by atoms with van der Waals surface area (Å²) >= 11 is 0. The van der Waals surface area contributed by atoms with E-state index >= 15 is 0 Å². The molecule has 0 spiro atoms. The highest BCUT2D eigenvalue weighted by Gasteiger charge is 2.31. The summed E-state index contributed by atoms with van der Waals surface area (Å²) in [5.74, 6) is -0.0367. The normalized spacial score (nSPS) is 20.0. The Balaban J connectivity index is 1.22. The van der Waals surface area contributed by atoms with Gasteiger partial charge in [-0.2, -0.15) is 10.2 Å². The number of aryl methyl sites for hydroxylation is 2. The van der Waals surface area contributed by atoms with Crippen molar-refractivity contribution < 1.29 is 13.6 Å². The molecule has 5 rings (SSSR count). The summed E-state index contributed by atoms with van der Waals surface area (Å²) in [7, 11) is 0. The van der Waals surface area contributed by atoms with Crippen LogP contribution in [-0.2, 0) is 13.0 Å². The fourth-order valence-electron chi connectivity index (χ4n) is 4.75. The van der Waals surface area contributed by atoms with E-state index in [9.17, 15) is 13.6 Å². The van der Waals surface area contributed by atoms with Gasteiger partial charge in [0.05, 0.1) is 30.0 Å². The number of hydrogen-bond donors (Lipinski definition) is 2. The standard InChI is InChI=1S/C23H27F2N7O/c1-13-15(3-6-20(27-13)31-8-7-16(10-31)22(24)25)11-32-12-17(9-26-32)23(33)28-19-5-4-18-14(2)29-30-21(18)19/h3,6,9,12,16,19,22H,4-5,7-8,10-11H2,1-2H3,(H,28,33)(H,29,30)/t16?,19-/m1/s1. The number of anilines is 1. The van der Waals surface area contributed by atoms with Crippen molar-refractivity contribution in [3.05, 3.63) is 58.3 Å². The molecule has 0 radical (unpaired) electrons. The highest BCUT2D eigenvalue weighted by Crippen LogP contribution is 2.31. The van der Waals surface area contributed by atoms with Crippen LogP contribution in [0.3, 0.4) is 0 Å². The molecule has 4 heterocycles. The lowest BCUT2D eigenvalue weighted by atomic mass is 10.1. The lowest BCUT2D eigenvalue weighted by Gasteiger charge is -2.19. The molecule has 1 amide bonds. The van der Waals surface area contributed by atoms with E-state index in [0.29, 0.717) is 31.6 Å². The first-order valence-corrected chi connectivity index (χ1v) is 11.3. The van der Waals surface area contributed by atoms with E-state index < -0.39 is 12.3 Å². The van der Waals surface area contributed by atoms with Gasteiger partial charge in [-0.15, -0.1) is 0 Å². The lowest BCUT2D eigenvalue weighted by molar-refractivity contribution is 0.0879. The summed E-state index contributed by atoms with van der Waals surface area (Å²) in [5, 5.41) is 14.7. The van der Waals surface area contributed by atoms with Crippen LogP contribution >= 0.6 is 0 Å². The highest BCUT2D eigenvalue weighted by molar-refractivity contribution is 5.94. The van der Waals surface area contributed by atoms with E-state index in [0.717, 1.165) is 41.3 Å². The number of H-pyrrole nitrogens is 1. The van der Waals surface area contributed by atoms with E-state index in [1.807, 2.05) is 30.9 Å². The summed E-state index contributed by atoms with van der Waals surface area (Å²) in [6.07, 6.45) is 3.24. The number of alkyl halides is 2. The molecule has 2 aliphatic rings. The highest BCUT2D eigenvalue weighted by atomic mass is 19.3. The Morgan fingerprint density at radius 1 is 1.30 bits per heavy atom. The van der Waals surface area contributed by atoms with E-state index in [1.165, 1.54) is 5.56 Å². The molecule has 33 heavy (non-hydrogen) atoms. The molecule has 3 aromatic rings. The number of hydrogen-bond acceptors (Lipinski definition) is 5. The second-order valence-electron chi connectivity index (χ2n) is 8.95. The summed E-state index contributed by atoms with van der Waals surface area (Å²) in [4.78, 5) is 19.3. The van der Waals surface area contributed by atoms with Crippen molar-refractivity contribution in [2.45, 2.75) is 52.1 Å². The number of aromatic nitrogens is 5. The predicted molar refractivity (Wildman–Crippen MR) is 118 cm³/mol. The van der Waals surface area contributed by atoms with Crippen molar-refractivity contribution in [3.8, 4) is 0 Å². The average molecular weight is 456 g/mol. The molecule has 0 saturated carbocycles. The molecule has 1 fully saturated rings. The number of rotatable bonds is 6. The predicted octanol–water partition coefficient (Wildman–Crippen LogP) is 3.18. The molecule has 0 aromatic carbocycles. The number of nitrogens with one attached hydrogen (secondary N) is 2. The Morgan fingerprint density at radius 2 is 2.15 bits per heavy atom. The molecule has 2 N–H and O–H groups in total. The zero-order chi connectivity index (χ0) is 23.1. The van der Waals surface area contributed by atoms with E-state index in [1.54, 1.807) is 17.1 Å². The van der Waals surface area contributed by atoms with Crippen molar-refractivity contribution in [3.63, 3.8) is 0 Å². The summed E-state index contributed by atoms with van der Waals surface area (Å²) in [6.45, 7) is 5.30. The first kappa shape index (κ1) is 21.5. The van der Waals surface area contributed by atoms with Gasteiger partial charge in [-0.3, -0.25) is 14.6 Å². The van der Waals surface area contributed by atoms with Crippen LogP contribution in [0, 0.1) is 19.8 Å². The number of carbonyl (C=O) groups is 1. The zero-order valence-corrected chi connectivity index (χ0v) is 18.7. The minimum atomic E-state index is -2.29. The molecule has 1 aliphatic heterocycles. The van der Waals surface area contributed by atoms with Gasteiger partial charge in [0, 0.05) is 36.6 Å². The first-order valence-electron chi connectivity index (χ1n) is 11.3. The van der Waals surface area contributed by atoms with Gasteiger partial charge in [0.25, 0.3) is 5.91 Å². The molecule has 8 nitrogen and oxygen atoms in total. The Kier molecular flexibility index (Phi) is 5.59. The van der Waals surface area contributed by atoms with E-state index in [2.05, 4.69) is 25.6 Å². The van der Waals surface area contributed by atoms with Crippen LogP contribution in [0.5, 0.6) is 0 Å². The molecular formula is C23H27F2N7O. The molecule has 0 bridgehead atoms. The zero-order valence-electron chi connectivity index (χ0n) is 18.7. The first-order chi connectivity index (χ1) is 15.9. The van der Waals surface area contributed by atoms with Gasteiger partial charge in [0.15, 0.2) is 0 Å². The number of carbonyl (C=O) groups excluding carboxylic acids is 1. The van der Waals surface area contributed by atoms with Gasteiger partial charge in [-0.05, 0) is 50.3 Å². The van der Waals surface area contributed by atoms with Gasteiger partial charge < -0.3 is 10.2 Å². The number of halogens is 2. The van der Waals surface area contributed by atoms with Gasteiger partial charge in [0.1, 0.15) is 5.82 Å². The topological polar surface area (TPSA) is 91.7 Å². The van der Waals surface area contributed by atoms with Gasteiger partial charge in [0.2, 0.25) is 6.43 Å². The Bertz CT molecular complexity index is 1170. The van der Waals surface area contributed by atoms with E-state index in [-0.39, 0.29) is 11.9 Å². The fourth-order valence-corrected chi connectivity index (χ4v) is 4.75. The van der Waals surface area contributed by atoms with Crippen LogP contribution in [0.2, 0.25) is 0 Å². The average Bonchev–Trinajstić information content (AvgIpc) is 3.56. The number of amides is 1. The Morgan fingerprint density at radius 3 is 2.91 bits per heavy atom. The van der Waals surface area contributed by atoms with Crippen LogP contribution in [-0.4, -0.2) is 50.4 Å². The smallest absolute Gasteiger partial charge is 0.255 e. The van der Waals surface area contributed by atoms with E-state index in [4.69, 9.17) is 0 Å². The molecule has 2 atom stereocenters. The number of pyridine rings is 1. The molecule has 174 valence electrons. The van der Waals surface area contributed by atoms with Crippen molar-refractivity contribution in [2.24, 2.45) is 5.92 Å². The molecule has 1 saturated heterocycles. The second kappa shape index (κ2) is 8.57. The third kappa shape index (κ3) is 4.21. The lowest BCUT2D eigenvalue weighted by Crippen LogP contribution is -2.27. The quantitative estimate of drug-likeness (QED) is 0.596. The largest absolute Gasteiger partial charge is 0.356 e. The fraction of sp³-hybridized carbons (Fsp3) is 0.478. The molecular weight excluding hydrogens is 428 g/mol. The minimum absolute atomic E-state index is 0.0879. The van der Waals surface area contributed by atoms with Gasteiger partial charge in [-0.1, -0.05) is 6.07 Å². The molecule has 3 aromatic heterocycles. The summed E-state index contributed by atoms with van der Waals surface area (Å²) in [5.41, 5.74) is 5.46. The maximum absolute atomic E-state index is 13.0. The third-order valence-corrected chi connectivity index (χ3v) is 6.74. The van der Waals surface area contributed by atoms with Crippen LogP contribution < -0.4 is 10.2 Å². The van der Waals surface area contributed by atoms with Crippen LogP contribution in [0.15, 0.2) is 24.5 Å². The summed E-state index contributed by atoms with van der Waals surface area (Å²) in [6, 6.07) is 3.74. The van der Waals surface area contributed by atoms with Gasteiger partial charge >= 0.3 is 0 Å². The van der Waals surface area contributed by atoms with Crippen molar-refractivity contribution >= 4 is 11.7 Å². The Hall–Kier alpha value is -3.30. The van der Waals surface area contributed by atoms with Crippen LogP contribution in [0.1, 0.15) is 57.5 Å². The SMILES string of the molecule is Cc1nc(N2CCC(C(F)F)C2)ccc1Cn1cc(C(=O)N[C@@H]2CCc3c2n[nH]c3C)cn1. The minimum Gasteiger partial charge on any atom is -0.356 e. The molecule has 10 heteroatoms. The van der Waals surface area contributed by atoms with Crippen molar-refractivity contribution in [1.82, 2.24) is 30.3 Å². The maximum atomic E-state index is 13.0. The number of fused-ring (bicyclic) bond motifs is 1. The summed E-state index contributed by atoms with van der Waals surface area (Å²) < 4.78 is 27.6. The van der Waals surface area contributed by atoms with Crippen LogP contribution in [0.4, 0.5) is 14.6 Å². The van der Waals surface area contributed by atoms with Crippen molar-refractivity contribution in [1.29, 1.82) is 0 Å². The number of aromatic amines is 1. The van der Waals surface area contributed by atoms with Gasteiger partial charge in [-0.25, -0.2) is 13.8 Å². The third-order valence-electron chi connectivity index (χ3n) is 6.74. The van der Waals surface area contributed by atoms with Crippen LogP contribution in [0.25, 0.3) is 0 Å². The van der Waals surface area contributed by atoms with Crippen molar-refractivity contribution in [2.75, 3.05) is 18.0 Å². The molecule has 1 unspecified atom stereocenters. The molecule has 1 aliphatic carbocycles. The maximum Gasteiger partial charge on any atom is 0.255 e. The number of nitrogens with zero attached hydrogens (tertiary/aromatic N) is 5.